The number of hydrogen-bond donors (Lipinski definition) is 1. The topological polar surface area (TPSA) is 44.9 Å². The molecule has 0 spiro atoms. The Bertz CT molecular complexity index is 897. The van der Waals surface area contributed by atoms with Gasteiger partial charge in [0.1, 0.15) is 11.6 Å². The highest BCUT2D eigenvalue weighted by molar-refractivity contribution is 5.97. The van der Waals surface area contributed by atoms with Gasteiger partial charge in [0.2, 0.25) is 0 Å². The molecule has 28 heavy (non-hydrogen) atoms. The van der Waals surface area contributed by atoms with Crippen molar-refractivity contribution in [2.45, 2.75) is 31.4 Å². The summed E-state index contributed by atoms with van der Waals surface area (Å²) in [4.78, 5) is 2.12. The van der Waals surface area contributed by atoms with Crippen molar-refractivity contribution in [2.75, 3.05) is 32.2 Å². The van der Waals surface area contributed by atoms with Gasteiger partial charge >= 0.3 is 0 Å². The molecule has 1 N–H and O–H groups in total. The minimum absolute atomic E-state index is 0.309. The minimum Gasteiger partial charge on any atom is -0.497 e. The van der Waals surface area contributed by atoms with Gasteiger partial charge in [-0.2, -0.15) is 0 Å². The van der Waals surface area contributed by atoms with Gasteiger partial charge < -0.3 is 14.6 Å². The quantitative estimate of drug-likeness (QED) is 0.819. The third-order valence-electron chi connectivity index (χ3n) is 5.71. The zero-order chi connectivity index (χ0) is 19.7. The van der Waals surface area contributed by atoms with Crippen LogP contribution in [0, 0.1) is 5.82 Å². The van der Waals surface area contributed by atoms with Gasteiger partial charge in [0.25, 0.3) is 11.6 Å². The largest absolute Gasteiger partial charge is 0.497 e. The maximum atomic E-state index is 13.5. The van der Waals surface area contributed by atoms with Gasteiger partial charge in [-0.15, -0.1) is 0 Å². The van der Waals surface area contributed by atoms with Crippen LogP contribution < -0.4 is 14.4 Å². The molecule has 2 aromatic carbocycles. The molecule has 0 bridgehead atoms. The second-order valence-electron chi connectivity index (χ2n) is 7.33. The molecule has 0 unspecified atom stereocenters. The van der Waals surface area contributed by atoms with Crippen molar-refractivity contribution in [2.24, 2.45) is 0 Å². The molecule has 0 saturated heterocycles. The number of methoxy groups -OCH3 is 2. The van der Waals surface area contributed by atoms with Crippen LogP contribution >= 0.6 is 0 Å². The van der Waals surface area contributed by atoms with E-state index in [4.69, 9.17) is 9.47 Å². The lowest BCUT2D eigenvalue weighted by Crippen LogP contribution is -2.41. The molecule has 4 rings (SSSR count). The van der Waals surface area contributed by atoms with E-state index in [9.17, 15) is 9.50 Å². The van der Waals surface area contributed by atoms with E-state index in [1.165, 1.54) is 12.1 Å². The number of β-amino-alcohol motifs (C(OH)–C–C–N with tert-alkyl or cyclic N) is 1. The lowest BCUT2D eigenvalue weighted by atomic mass is 10.0. The van der Waals surface area contributed by atoms with Crippen molar-refractivity contribution < 1.29 is 23.5 Å². The summed E-state index contributed by atoms with van der Waals surface area (Å²) in [5.74, 6) is 2.21. The van der Waals surface area contributed by atoms with Crippen molar-refractivity contribution in [3.05, 3.63) is 53.8 Å². The summed E-state index contributed by atoms with van der Waals surface area (Å²) >= 11 is 0. The molecule has 0 fully saturated rings. The Labute approximate surface area is 164 Å². The van der Waals surface area contributed by atoms with Gasteiger partial charge in [0, 0.05) is 18.1 Å². The van der Waals surface area contributed by atoms with Gasteiger partial charge in [-0.3, -0.25) is 0 Å². The fourth-order valence-corrected chi connectivity index (χ4v) is 4.27. The number of aliphatic hydroxyl groups is 1. The molecule has 2 heterocycles. The summed E-state index contributed by atoms with van der Waals surface area (Å²) in [6.07, 6.45) is 4.05. The first-order valence-electron chi connectivity index (χ1n) is 9.68. The Kier molecular flexibility index (Phi) is 4.98. The first kappa shape index (κ1) is 18.7. The zero-order valence-corrected chi connectivity index (χ0v) is 16.3. The van der Waals surface area contributed by atoms with E-state index in [1.54, 1.807) is 26.4 Å². The van der Waals surface area contributed by atoms with Crippen molar-refractivity contribution in [3.63, 3.8) is 0 Å². The number of amidine groups is 1. The molecule has 0 saturated carbocycles. The van der Waals surface area contributed by atoms with Crippen LogP contribution in [0.3, 0.4) is 0 Å². The normalized spacial score (nSPS) is 22.1. The van der Waals surface area contributed by atoms with Crippen LogP contribution in [0.1, 0.15) is 31.2 Å². The summed E-state index contributed by atoms with van der Waals surface area (Å²) in [6, 6.07) is 11.8. The Morgan fingerprint density at radius 1 is 1.04 bits per heavy atom. The summed E-state index contributed by atoms with van der Waals surface area (Å²) in [7, 11) is 3.28. The number of benzene rings is 2. The molecule has 5 nitrogen and oxygen atoms in total. The number of hydrogen-bond acceptors (Lipinski definition) is 4. The summed E-state index contributed by atoms with van der Waals surface area (Å²) in [5, 5.41) is 11.8. The van der Waals surface area contributed by atoms with Gasteiger partial charge in [0.05, 0.1) is 20.8 Å². The van der Waals surface area contributed by atoms with Crippen LogP contribution in [-0.2, 0) is 5.72 Å². The molecular weight excluding hydrogens is 359 g/mol. The van der Waals surface area contributed by atoms with E-state index in [-0.39, 0.29) is 5.82 Å². The molecule has 0 radical (unpaired) electrons. The van der Waals surface area contributed by atoms with Crippen molar-refractivity contribution in [1.82, 2.24) is 0 Å². The SMILES string of the molecule is COc1ccc(OC)c(N2C[C@](O)(c3ccc(F)cc3)[N+]3=C2CCCCC3)c1. The first-order valence-corrected chi connectivity index (χ1v) is 9.68. The summed E-state index contributed by atoms with van der Waals surface area (Å²) < 4.78 is 26.6. The highest BCUT2D eigenvalue weighted by atomic mass is 19.1. The number of halogens is 1. The van der Waals surface area contributed by atoms with Crippen LogP contribution in [0.5, 0.6) is 11.5 Å². The molecule has 2 aromatic rings. The average Bonchev–Trinajstić information content (AvgIpc) is 2.87. The molecule has 0 amide bonds. The fraction of sp³-hybridized carbons (Fsp3) is 0.409. The van der Waals surface area contributed by atoms with E-state index in [0.717, 1.165) is 55.3 Å². The number of anilines is 1. The Balaban J connectivity index is 1.84. The Morgan fingerprint density at radius 2 is 1.82 bits per heavy atom. The van der Waals surface area contributed by atoms with Crippen LogP contribution in [0.25, 0.3) is 0 Å². The molecule has 6 heteroatoms. The highest BCUT2D eigenvalue weighted by Crippen LogP contribution is 2.40. The van der Waals surface area contributed by atoms with Crippen LogP contribution in [-0.4, -0.2) is 42.8 Å². The standard InChI is InChI=1S/C22H26FN2O3/c1-27-18-11-12-20(28-2)19(14-18)24-15-22(26,16-7-9-17(23)10-8-16)25-13-5-3-4-6-21(24)25/h7-12,14,26H,3-6,13,15H2,1-2H3/q+1/t22-/m0/s1. The minimum atomic E-state index is -1.22. The molecule has 0 aliphatic carbocycles. The van der Waals surface area contributed by atoms with Gasteiger partial charge in [-0.25, -0.2) is 13.9 Å². The third kappa shape index (κ3) is 3.11. The molecule has 2 aliphatic heterocycles. The molecule has 1 atom stereocenters. The van der Waals surface area contributed by atoms with Crippen molar-refractivity contribution in [3.8, 4) is 11.5 Å². The van der Waals surface area contributed by atoms with E-state index >= 15 is 0 Å². The number of rotatable bonds is 4. The maximum absolute atomic E-state index is 13.5. The number of nitrogens with zero attached hydrogens (tertiary/aromatic N) is 2. The predicted octanol–water partition coefficient (Wildman–Crippen LogP) is 3.49. The van der Waals surface area contributed by atoms with Gasteiger partial charge in [-0.05, 0) is 55.7 Å². The van der Waals surface area contributed by atoms with Crippen molar-refractivity contribution in [1.29, 1.82) is 0 Å². The second kappa shape index (κ2) is 7.43. The molecule has 148 valence electrons. The lowest BCUT2D eigenvalue weighted by molar-refractivity contribution is -0.658. The molecule has 2 aliphatic rings. The van der Waals surface area contributed by atoms with E-state index in [0.29, 0.717) is 12.1 Å². The maximum Gasteiger partial charge on any atom is 0.271 e. The summed E-state index contributed by atoms with van der Waals surface area (Å²) in [6.45, 7) is 1.10. The predicted molar refractivity (Wildman–Crippen MR) is 106 cm³/mol. The average molecular weight is 385 g/mol. The smallest absolute Gasteiger partial charge is 0.271 e. The Morgan fingerprint density at radius 3 is 2.54 bits per heavy atom. The van der Waals surface area contributed by atoms with Crippen LogP contribution in [0.4, 0.5) is 10.1 Å². The van der Waals surface area contributed by atoms with Crippen LogP contribution in [0.2, 0.25) is 0 Å². The van der Waals surface area contributed by atoms with E-state index < -0.39 is 5.72 Å². The first-order chi connectivity index (χ1) is 13.6. The van der Waals surface area contributed by atoms with Crippen LogP contribution in [0.15, 0.2) is 42.5 Å². The monoisotopic (exact) mass is 385 g/mol. The molecule has 0 aromatic heterocycles. The van der Waals surface area contributed by atoms with E-state index in [2.05, 4.69) is 9.48 Å². The fourth-order valence-electron chi connectivity index (χ4n) is 4.27. The van der Waals surface area contributed by atoms with Gasteiger partial charge in [-0.1, -0.05) is 0 Å². The molecular formula is C22H26FN2O3+. The zero-order valence-electron chi connectivity index (χ0n) is 16.3. The third-order valence-corrected chi connectivity index (χ3v) is 5.71. The van der Waals surface area contributed by atoms with E-state index in [1.807, 2.05) is 18.2 Å². The summed E-state index contributed by atoms with van der Waals surface area (Å²) in [5.41, 5.74) is 0.334. The Hall–Kier alpha value is -2.60. The lowest BCUT2D eigenvalue weighted by Gasteiger charge is -2.23. The van der Waals surface area contributed by atoms with Crippen molar-refractivity contribution >= 4 is 11.5 Å². The second-order valence-corrected chi connectivity index (χ2v) is 7.33. The number of ether oxygens (including phenoxy) is 2. The van der Waals surface area contributed by atoms with Gasteiger partial charge in [0.15, 0.2) is 18.0 Å². The highest BCUT2D eigenvalue weighted by Gasteiger charge is 2.52.